The minimum absolute atomic E-state index is 0.0274. The highest BCUT2D eigenvalue weighted by Crippen LogP contribution is 2.25. The highest BCUT2D eigenvalue weighted by molar-refractivity contribution is 5.94. The van der Waals surface area contributed by atoms with Crippen molar-refractivity contribution < 1.29 is 9.18 Å². The Kier molecular flexibility index (Phi) is 4.53. The molecule has 0 aromatic heterocycles. The van der Waals surface area contributed by atoms with Crippen LogP contribution in [0.25, 0.3) is 0 Å². The highest BCUT2D eigenvalue weighted by Gasteiger charge is 2.26. The number of nitrogens with zero attached hydrogens (tertiary/aromatic N) is 1. The van der Waals surface area contributed by atoms with Crippen molar-refractivity contribution in [2.45, 2.75) is 38.6 Å². The Morgan fingerprint density at radius 1 is 1.42 bits per heavy atom. The summed E-state index contributed by atoms with van der Waals surface area (Å²) in [7, 11) is 0. The minimum Gasteiger partial charge on any atom is -0.334 e. The summed E-state index contributed by atoms with van der Waals surface area (Å²) >= 11 is 0. The number of aryl methyl sites for hydroxylation is 1. The van der Waals surface area contributed by atoms with E-state index in [4.69, 9.17) is 5.73 Å². The fraction of sp³-hybridized carbons (Fsp3) is 0.533. The average molecular weight is 264 g/mol. The molecule has 1 fully saturated rings. The van der Waals surface area contributed by atoms with E-state index in [0.717, 1.165) is 12.8 Å². The van der Waals surface area contributed by atoms with Crippen LogP contribution in [0.4, 0.5) is 4.39 Å². The molecule has 1 aromatic carbocycles. The lowest BCUT2D eigenvalue weighted by molar-refractivity contribution is 0.0688. The molecule has 104 valence electrons. The molecule has 19 heavy (non-hydrogen) atoms. The summed E-state index contributed by atoms with van der Waals surface area (Å²) in [4.78, 5) is 14.4. The lowest BCUT2D eigenvalue weighted by Gasteiger charge is -2.28. The van der Waals surface area contributed by atoms with Gasteiger partial charge in [-0.25, -0.2) is 4.39 Å². The first-order valence-corrected chi connectivity index (χ1v) is 6.90. The predicted molar refractivity (Wildman–Crippen MR) is 73.5 cm³/mol. The first-order chi connectivity index (χ1) is 9.13. The maximum Gasteiger partial charge on any atom is 0.254 e. The molecule has 0 atom stereocenters. The molecule has 0 radical (unpaired) electrons. The van der Waals surface area contributed by atoms with Crippen LogP contribution in [-0.4, -0.2) is 29.9 Å². The molecule has 1 aliphatic rings. The van der Waals surface area contributed by atoms with E-state index >= 15 is 0 Å². The zero-order valence-corrected chi connectivity index (χ0v) is 11.4. The summed E-state index contributed by atoms with van der Waals surface area (Å²) in [5.74, 6) is -0.303. The van der Waals surface area contributed by atoms with Gasteiger partial charge in [0.15, 0.2) is 0 Å². The van der Waals surface area contributed by atoms with Gasteiger partial charge < -0.3 is 10.6 Å². The second-order valence-corrected chi connectivity index (χ2v) is 5.19. The van der Waals surface area contributed by atoms with Crippen LogP contribution in [-0.2, 0) is 0 Å². The summed E-state index contributed by atoms with van der Waals surface area (Å²) in [6.45, 7) is 2.71. The molecule has 0 heterocycles. The first-order valence-electron chi connectivity index (χ1n) is 6.90. The molecule has 0 spiro atoms. The number of nitrogens with two attached hydrogens (primary N) is 1. The van der Waals surface area contributed by atoms with Gasteiger partial charge in [0.2, 0.25) is 0 Å². The van der Waals surface area contributed by atoms with E-state index in [0.29, 0.717) is 30.3 Å². The molecule has 0 bridgehead atoms. The van der Waals surface area contributed by atoms with Crippen molar-refractivity contribution >= 4 is 5.91 Å². The Labute approximate surface area is 113 Å². The van der Waals surface area contributed by atoms with Gasteiger partial charge in [-0.2, -0.15) is 0 Å². The van der Waals surface area contributed by atoms with Crippen molar-refractivity contribution in [3.8, 4) is 0 Å². The smallest absolute Gasteiger partial charge is 0.254 e. The highest BCUT2D eigenvalue weighted by atomic mass is 19.1. The van der Waals surface area contributed by atoms with Crippen LogP contribution in [0, 0.1) is 12.7 Å². The number of amides is 1. The van der Waals surface area contributed by atoms with E-state index in [1.165, 1.54) is 18.9 Å². The fourth-order valence-electron chi connectivity index (χ4n) is 2.75. The fourth-order valence-corrected chi connectivity index (χ4v) is 2.75. The normalized spacial score (nSPS) is 15.7. The van der Waals surface area contributed by atoms with E-state index in [9.17, 15) is 9.18 Å². The van der Waals surface area contributed by atoms with E-state index in [2.05, 4.69) is 0 Å². The predicted octanol–water partition coefficient (Wildman–Crippen LogP) is 2.48. The van der Waals surface area contributed by atoms with Crippen LogP contribution in [0.1, 0.15) is 41.6 Å². The topological polar surface area (TPSA) is 46.3 Å². The van der Waals surface area contributed by atoms with Gasteiger partial charge in [-0.1, -0.05) is 12.8 Å². The van der Waals surface area contributed by atoms with E-state index in [1.54, 1.807) is 19.1 Å². The number of hydrogen-bond acceptors (Lipinski definition) is 2. The van der Waals surface area contributed by atoms with Crippen molar-refractivity contribution in [1.82, 2.24) is 4.90 Å². The molecule has 1 saturated carbocycles. The van der Waals surface area contributed by atoms with Crippen molar-refractivity contribution in [3.63, 3.8) is 0 Å². The summed E-state index contributed by atoms with van der Waals surface area (Å²) in [5, 5.41) is 0. The second-order valence-electron chi connectivity index (χ2n) is 5.19. The Morgan fingerprint density at radius 3 is 2.68 bits per heavy atom. The Balaban J connectivity index is 2.20. The molecule has 3 nitrogen and oxygen atoms in total. The number of halogens is 1. The van der Waals surface area contributed by atoms with Gasteiger partial charge in [0.25, 0.3) is 5.91 Å². The van der Waals surface area contributed by atoms with Crippen LogP contribution in [0.2, 0.25) is 0 Å². The molecule has 1 aromatic rings. The minimum atomic E-state index is -0.275. The average Bonchev–Trinajstić information content (AvgIpc) is 2.92. The monoisotopic (exact) mass is 264 g/mol. The second kappa shape index (κ2) is 6.15. The van der Waals surface area contributed by atoms with Crippen molar-refractivity contribution in [1.29, 1.82) is 0 Å². The lowest BCUT2D eigenvalue weighted by Crippen LogP contribution is -2.42. The molecule has 0 saturated heterocycles. The van der Waals surface area contributed by atoms with Gasteiger partial charge in [0, 0.05) is 24.7 Å². The third kappa shape index (κ3) is 3.13. The Bertz CT molecular complexity index is 455. The van der Waals surface area contributed by atoms with Gasteiger partial charge in [-0.05, 0) is 43.5 Å². The Hall–Kier alpha value is -1.42. The molecule has 2 rings (SSSR count). The largest absolute Gasteiger partial charge is 0.334 e. The lowest BCUT2D eigenvalue weighted by atomic mass is 10.1. The number of carbonyl (C=O) groups excluding carboxylic acids is 1. The molecule has 0 aliphatic heterocycles. The first kappa shape index (κ1) is 14.0. The summed E-state index contributed by atoms with van der Waals surface area (Å²) < 4.78 is 13.3. The molecule has 1 amide bonds. The van der Waals surface area contributed by atoms with E-state index in [1.807, 2.05) is 4.90 Å². The van der Waals surface area contributed by atoms with E-state index in [-0.39, 0.29) is 11.7 Å². The van der Waals surface area contributed by atoms with Crippen molar-refractivity contribution in [2.24, 2.45) is 5.73 Å². The van der Waals surface area contributed by atoms with Crippen LogP contribution >= 0.6 is 0 Å². The van der Waals surface area contributed by atoms with Crippen LogP contribution in [0.3, 0.4) is 0 Å². The summed E-state index contributed by atoms with van der Waals surface area (Å²) in [6, 6.07) is 4.83. The SMILES string of the molecule is Cc1cc(C(=O)N(CCN)C2CCCC2)ccc1F. The molecular weight excluding hydrogens is 243 g/mol. The quantitative estimate of drug-likeness (QED) is 0.908. The molecule has 0 unspecified atom stereocenters. The standard InChI is InChI=1S/C15H21FN2O/c1-11-10-12(6-7-14(11)16)15(19)18(9-8-17)13-4-2-3-5-13/h6-7,10,13H,2-5,8-9,17H2,1H3. The van der Waals surface area contributed by atoms with Gasteiger partial charge in [-0.3, -0.25) is 4.79 Å². The number of hydrogen-bond donors (Lipinski definition) is 1. The number of rotatable bonds is 4. The van der Waals surface area contributed by atoms with Crippen LogP contribution < -0.4 is 5.73 Å². The number of carbonyl (C=O) groups is 1. The molecule has 2 N–H and O–H groups in total. The van der Waals surface area contributed by atoms with Crippen LogP contribution in [0.15, 0.2) is 18.2 Å². The zero-order valence-electron chi connectivity index (χ0n) is 11.4. The maximum atomic E-state index is 13.3. The zero-order chi connectivity index (χ0) is 13.8. The van der Waals surface area contributed by atoms with Crippen molar-refractivity contribution in [2.75, 3.05) is 13.1 Å². The maximum absolute atomic E-state index is 13.3. The van der Waals surface area contributed by atoms with Gasteiger partial charge in [-0.15, -0.1) is 0 Å². The Morgan fingerprint density at radius 2 is 2.11 bits per heavy atom. The van der Waals surface area contributed by atoms with Crippen molar-refractivity contribution in [3.05, 3.63) is 35.1 Å². The number of benzene rings is 1. The van der Waals surface area contributed by atoms with Crippen LogP contribution in [0.5, 0.6) is 0 Å². The molecular formula is C15H21FN2O. The summed E-state index contributed by atoms with van der Waals surface area (Å²) in [5.41, 5.74) is 6.67. The third-order valence-electron chi connectivity index (χ3n) is 3.80. The van der Waals surface area contributed by atoms with E-state index < -0.39 is 0 Å². The molecule has 1 aliphatic carbocycles. The molecule has 4 heteroatoms. The summed E-state index contributed by atoms with van der Waals surface area (Å²) in [6.07, 6.45) is 4.43. The third-order valence-corrected chi connectivity index (χ3v) is 3.80. The van der Waals surface area contributed by atoms with Gasteiger partial charge in [0.05, 0.1) is 0 Å². The van der Waals surface area contributed by atoms with Gasteiger partial charge >= 0.3 is 0 Å². The van der Waals surface area contributed by atoms with Gasteiger partial charge in [0.1, 0.15) is 5.82 Å².